The average molecular weight is 564 g/mol. The fourth-order valence-corrected chi connectivity index (χ4v) is 12.9. The monoisotopic (exact) mass is 561 g/mol. The molecule has 1 heterocycles. The van der Waals surface area contributed by atoms with Gasteiger partial charge in [-0.3, -0.25) is 0 Å². The first-order valence-corrected chi connectivity index (χ1v) is 18.4. The molecule has 0 amide bonds. The maximum absolute atomic E-state index is 6.98. The number of halogens is 2. The van der Waals surface area contributed by atoms with E-state index in [2.05, 4.69) is 75.6 Å². The Hall–Kier alpha value is -0.383. The van der Waals surface area contributed by atoms with Crippen molar-refractivity contribution in [2.45, 2.75) is 55.6 Å². The minimum Gasteiger partial charge on any atom is -1.00 e. The van der Waals surface area contributed by atoms with Crippen LogP contribution in [0.4, 0.5) is 0 Å². The molecule has 3 aliphatic rings. The average Bonchev–Trinajstić information content (AvgIpc) is 3.03. The van der Waals surface area contributed by atoms with Gasteiger partial charge in [0.2, 0.25) is 0 Å². The smallest absolute Gasteiger partial charge is 1.00 e. The predicted molar refractivity (Wildman–Crippen MR) is 125 cm³/mol. The maximum atomic E-state index is 6.98. The third-order valence-electron chi connectivity index (χ3n) is 6.61. The van der Waals surface area contributed by atoms with Gasteiger partial charge >= 0.3 is 193 Å². The van der Waals surface area contributed by atoms with Gasteiger partial charge in [0, 0.05) is 0 Å². The van der Waals surface area contributed by atoms with Gasteiger partial charge in [0.05, 0.1) is 0 Å². The molecule has 1 nitrogen and oxygen atoms in total. The topological polar surface area (TPSA) is 9.23 Å². The molecular weight excluding hydrogens is 535 g/mol. The molecule has 1 aliphatic heterocycles. The summed E-state index contributed by atoms with van der Waals surface area (Å²) < 4.78 is 7.55. The second-order valence-electron chi connectivity index (χ2n) is 9.88. The van der Waals surface area contributed by atoms with Crippen LogP contribution in [0.25, 0.3) is 16.7 Å². The first-order valence-electron chi connectivity index (χ1n) is 10.9. The molecular formula is C25H29Cl2OSi2Zr. The largest absolute Gasteiger partial charge is 1.00 e. The Morgan fingerprint density at radius 3 is 2.42 bits per heavy atom. The summed E-state index contributed by atoms with van der Waals surface area (Å²) in [6.07, 6.45) is 9.20. The Morgan fingerprint density at radius 2 is 1.81 bits per heavy atom. The Balaban J connectivity index is 0.00000136. The van der Waals surface area contributed by atoms with Crippen LogP contribution >= 0.6 is 0 Å². The SMILES string of the molecule is CCC[Si]1(C)c2c(C3=CC=CC3)c(O[Si](C)(C)C)c3c(c21)[CH]([Zr+2])c1ccccc1-3.[Cl-].[Cl-]. The van der Waals surface area contributed by atoms with Crippen molar-refractivity contribution in [3.8, 4) is 16.9 Å². The van der Waals surface area contributed by atoms with Crippen LogP contribution in [0, 0.1) is 0 Å². The third kappa shape index (κ3) is 3.85. The third-order valence-corrected chi connectivity index (χ3v) is 13.4. The molecule has 0 saturated heterocycles. The van der Waals surface area contributed by atoms with Crippen LogP contribution in [0.1, 0.15) is 40.1 Å². The molecule has 0 radical (unpaired) electrons. The number of hydrogen-bond donors (Lipinski definition) is 0. The van der Waals surface area contributed by atoms with Gasteiger partial charge in [0.15, 0.2) is 0 Å². The second-order valence-corrected chi connectivity index (χ2v) is 19.9. The van der Waals surface area contributed by atoms with E-state index < -0.39 is 16.4 Å². The summed E-state index contributed by atoms with van der Waals surface area (Å²) in [5, 5.41) is 3.53. The van der Waals surface area contributed by atoms with Crippen molar-refractivity contribution in [3.63, 3.8) is 0 Å². The molecule has 0 saturated carbocycles. The molecule has 2 aromatic carbocycles. The van der Waals surface area contributed by atoms with Crippen LogP contribution in [0.2, 0.25) is 32.2 Å². The van der Waals surface area contributed by atoms with Crippen molar-refractivity contribution in [1.29, 1.82) is 0 Å². The van der Waals surface area contributed by atoms with Crippen LogP contribution in [0.5, 0.6) is 5.75 Å². The van der Waals surface area contributed by atoms with Gasteiger partial charge in [-0.1, -0.05) is 0 Å². The molecule has 2 atom stereocenters. The fourth-order valence-electron chi connectivity index (χ4n) is 5.52. The van der Waals surface area contributed by atoms with E-state index in [0.717, 1.165) is 6.42 Å². The van der Waals surface area contributed by atoms with Crippen LogP contribution in [-0.4, -0.2) is 16.4 Å². The van der Waals surface area contributed by atoms with Gasteiger partial charge < -0.3 is 24.8 Å². The van der Waals surface area contributed by atoms with E-state index in [-0.39, 0.29) is 24.8 Å². The van der Waals surface area contributed by atoms with Gasteiger partial charge in [-0.05, 0) is 0 Å². The molecule has 161 valence electrons. The summed E-state index contributed by atoms with van der Waals surface area (Å²) in [6, 6.07) is 10.5. The van der Waals surface area contributed by atoms with E-state index in [1.54, 1.807) is 40.7 Å². The van der Waals surface area contributed by atoms with Gasteiger partial charge in [-0.25, -0.2) is 0 Å². The minimum atomic E-state index is -1.76. The van der Waals surface area contributed by atoms with Gasteiger partial charge in [-0.15, -0.1) is 0 Å². The first kappa shape index (κ1) is 25.2. The van der Waals surface area contributed by atoms with Crippen molar-refractivity contribution in [2.75, 3.05) is 0 Å². The number of rotatable bonds is 5. The van der Waals surface area contributed by atoms with E-state index in [0.29, 0.717) is 3.63 Å². The molecule has 5 rings (SSSR count). The quantitative estimate of drug-likeness (QED) is 0.458. The van der Waals surface area contributed by atoms with E-state index in [1.807, 2.05) is 0 Å². The van der Waals surface area contributed by atoms with E-state index in [4.69, 9.17) is 4.43 Å². The summed E-state index contributed by atoms with van der Waals surface area (Å²) in [5.74, 6) is 1.23. The van der Waals surface area contributed by atoms with Crippen molar-refractivity contribution in [1.82, 2.24) is 0 Å². The molecule has 2 aliphatic carbocycles. The Kier molecular flexibility index (Phi) is 7.13. The number of fused-ring (bicyclic) bond motifs is 5. The molecule has 31 heavy (non-hydrogen) atoms. The Bertz CT molecular complexity index is 1100. The Labute approximate surface area is 216 Å². The molecule has 0 fully saturated rings. The summed E-state index contributed by atoms with van der Waals surface area (Å²) in [7, 11) is -3.28. The number of allylic oxidation sites excluding steroid dienone is 4. The fraction of sp³-hybridized carbons (Fsp3) is 0.360. The van der Waals surface area contributed by atoms with Crippen LogP contribution in [0.15, 0.2) is 42.5 Å². The number of benzene rings is 2. The Morgan fingerprint density at radius 1 is 1.10 bits per heavy atom. The predicted octanol–water partition coefficient (Wildman–Crippen LogP) is -0.216. The molecule has 2 unspecified atom stereocenters. The zero-order chi connectivity index (χ0) is 20.6. The van der Waals surface area contributed by atoms with Crippen molar-refractivity contribution in [3.05, 3.63) is 59.2 Å². The van der Waals surface area contributed by atoms with Crippen molar-refractivity contribution in [2.24, 2.45) is 0 Å². The molecule has 0 bridgehead atoms. The summed E-state index contributed by atoms with van der Waals surface area (Å²) >= 11 is 1.61. The summed E-state index contributed by atoms with van der Waals surface area (Å²) in [4.78, 5) is 0. The van der Waals surface area contributed by atoms with Gasteiger partial charge in [0.25, 0.3) is 0 Å². The molecule has 2 aromatic rings. The van der Waals surface area contributed by atoms with E-state index in [1.165, 1.54) is 46.0 Å². The summed E-state index contributed by atoms with van der Waals surface area (Å²) in [5.41, 5.74) is 9.05. The second kappa shape index (κ2) is 8.76. The van der Waals surface area contributed by atoms with Crippen molar-refractivity contribution >= 4 is 32.3 Å². The van der Waals surface area contributed by atoms with Crippen LogP contribution in [-0.2, 0) is 24.7 Å². The molecule has 6 heteroatoms. The molecule has 0 N–H and O–H groups in total. The molecule has 0 spiro atoms. The maximum Gasteiger partial charge on any atom is -1.00 e. The van der Waals surface area contributed by atoms with Crippen molar-refractivity contribution < 1.29 is 54.0 Å². The van der Waals surface area contributed by atoms with Crippen LogP contribution < -0.4 is 39.6 Å². The standard InChI is InChI=1S/C25H29OSi2.2ClH.Zr/c1-6-15-28(5)24-20-16-18-13-9-10-14-19(18)22(20)23(26-27(2,3)4)21(25(24)28)17-11-7-8-12-17;;;/h7-11,13-14,16H,6,12,15H2,1-5H3;2*1H;/q;;;+2/p-2. The normalized spacial score (nSPS) is 22.0. The van der Waals surface area contributed by atoms with Gasteiger partial charge in [0.1, 0.15) is 0 Å². The number of hydrogen-bond acceptors (Lipinski definition) is 1. The van der Waals surface area contributed by atoms with E-state index in [9.17, 15) is 0 Å². The minimum absolute atomic E-state index is 0. The molecule has 0 aromatic heterocycles. The van der Waals surface area contributed by atoms with E-state index >= 15 is 0 Å². The zero-order valence-electron chi connectivity index (χ0n) is 18.9. The first-order chi connectivity index (χ1) is 13.8. The zero-order valence-corrected chi connectivity index (χ0v) is 24.9. The van der Waals surface area contributed by atoms with Crippen LogP contribution in [0.3, 0.4) is 0 Å². The van der Waals surface area contributed by atoms with Gasteiger partial charge in [-0.2, -0.15) is 0 Å². The summed E-state index contributed by atoms with van der Waals surface area (Å²) in [6.45, 7) is 12.0.